The largest absolute Gasteiger partial charge is 0.456 e. The molecule has 0 bridgehead atoms. The monoisotopic (exact) mass is 779 g/mol. The van der Waals surface area contributed by atoms with E-state index in [1.807, 2.05) is 12.1 Å². The van der Waals surface area contributed by atoms with Gasteiger partial charge in [-0.05, 0) is 98.4 Å². The van der Waals surface area contributed by atoms with Crippen molar-refractivity contribution in [3.8, 4) is 44.5 Å². The maximum absolute atomic E-state index is 7.18. The predicted octanol–water partition coefficient (Wildman–Crippen LogP) is 16.8. The number of anilines is 3. The van der Waals surface area contributed by atoms with Crippen LogP contribution < -0.4 is 4.90 Å². The SMILES string of the molecule is c1ccc(-c2ccc(-c3ccc(N(c4ccc(-c5ccc(-c6ccccc6)cc5)cc4)c4c5ccccc5cc5c4oc4c5ccc5oc6ccccc6c54)cc3)cc2)cc1. The molecule has 0 aliphatic rings. The maximum atomic E-state index is 7.18. The first-order chi connectivity index (χ1) is 30.2. The molecule has 3 nitrogen and oxygen atoms in total. The van der Waals surface area contributed by atoms with E-state index >= 15 is 0 Å². The summed E-state index contributed by atoms with van der Waals surface area (Å²) in [6.07, 6.45) is 0. The zero-order chi connectivity index (χ0) is 40.3. The highest BCUT2D eigenvalue weighted by molar-refractivity contribution is 6.26. The van der Waals surface area contributed by atoms with Crippen LogP contribution in [0.15, 0.2) is 233 Å². The summed E-state index contributed by atoms with van der Waals surface area (Å²) < 4.78 is 13.5. The molecular formula is C58H37NO2. The fourth-order valence-corrected chi connectivity index (χ4v) is 9.02. The van der Waals surface area contributed by atoms with Gasteiger partial charge in [-0.25, -0.2) is 0 Å². The average Bonchev–Trinajstić information content (AvgIpc) is 3.91. The van der Waals surface area contributed by atoms with Crippen molar-refractivity contribution in [2.75, 3.05) is 4.90 Å². The van der Waals surface area contributed by atoms with Crippen molar-refractivity contribution in [1.29, 1.82) is 0 Å². The third kappa shape index (κ3) is 5.98. The van der Waals surface area contributed by atoms with Crippen LogP contribution in [0.1, 0.15) is 0 Å². The number of nitrogens with zero attached hydrogens (tertiary/aromatic N) is 1. The van der Waals surface area contributed by atoms with E-state index in [4.69, 9.17) is 8.83 Å². The van der Waals surface area contributed by atoms with Gasteiger partial charge in [-0.1, -0.05) is 176 Å². The Morgan fingerprint density at radius 2 is 0.721 bits per heavy atom. The van der Waals surface area contributed by atoms with Gasteiger partial charge in [0.05, 0.1) is 11.1 Å². The highest BCUT2D eigenvalue weighted by Crippen LogP contribution is 2.49. The second-order valence-corrected chi connectivity index (χ2v) is 15.7. The lowest BCUT2D eigenvalue weighted by atomic mass is 9.98. The molecule has 0 radical (unpaired) electrons. The molecule has 3 heteroatoms. The summed E-state index contributed by atoms with van der Waals surface area (Å²) in [6.45, 7) is 0. The number of para-hydroxylation sites is 1. The van der Waals surface area contributed by atoms with Crippen molar-refractivity contribution in [2.45, 2.75) is 0 Å². The van der Waals surface area contributed by atoms with Crippen LogP contribution in [-0.4, -0.2) is 0 Å². The van der Waals surface area contributed by atoms with E-state index in [0.717, 1.165) is 82.8 Å². The first-order valence-corrected chi connectivity index (χ1v) is 20.7. The molecule has 0 atom stereocenters. The van der Waals surface area contributed by atoms with Crippen molar-refractivity contribution in [1.82, 2.24) is 0 Å². The Morgan fingerprint density at radius 1 is 0.279 bits per heavy atom. The lowest BCUT2D eigenvalue weighted by Gasteiger charge is -2.27. The Labute approximate surface area is 353 Å². The molecule has 10 aromatic carbocycles. The van der Waals surface area contributed by atoms with Crippen LogP contribution >= 0.6 is 0 Å². The van der Waals surface area contributed by atoms with Gasteiger partial charge < -0.3 is 13.7 Å². The van der Waals surface area contributed by atoms with Crippen LogP contribution in [0.5, 0.6) is 0 Å². The van der Waals surface area contributed by atoms with E-state index in [2.05, 4.69) is 217 Å². The van der Waals surface area contributed by atoms with Crippen molar-refractivity contribution < 1.29 is 8.83 Å². The lowest BCUT2D eigenvalue weighted by molar-refractivity contribution is 0.663. The number of fused-ring (bicyclic) bond motifs is 8. The number of hydrogen-bond donors (Lipinski definition) is 0. The Hall–Kier alpha value is -8.14. The fraction of sp³-hybridized carbons (Fsp3) is 0. The number of hydrogen-bond acceptors (Lipinski definition) is 3. The average molecular weight is 780 g/mol. The molecule has 0 saturated carbocycles. The topological polar surface area (TPSA) is 29.5 Å². The molecule has 61 heavy (non-hydrogen) atoms. The van der Waals surface area contributed by atoms with Crippen LogP contribution in [0.4, 0.5) is 17.1 Å². The molecule has 0 saturated heterocycles. The standard InChI is InChI=1S/C58H37NO2/c1-3-11-38(12-4-1)40-19-23-42(24-20-40)44-27-31-47(32-28-44)59(48-33-29-45(30-34-48)43-25-21-41(22-26-43)39-13-5-2-6-14-39)56-49-16-8-7-15-46(49)37-52-50-35-36-54-55(57(50)61-58(52)56)51-17-9-10-18-53(51)60-54/h1-37H. The Bertz CT molecular complexity index is 3400. The van der Waals surface area contributed by atoms with Crippen molar-refractivity contribution in [3.63, 3.8) is 0 Å². The van der Waals surface area contributed by atoms with Gasteiger partial charge in [0.15, 0.2) is 5.58 Å². The van der Waals surface area contributed by atoms with E-state index in [-0.39, 0.29) is 0 Å². The minimum Gasteiger partial charge on any atom is -0.456 e. The van der Waals surface area contributed by atoms with E-state index in [1.54, 1.807) is 0 Å². The number of furan rings is 2. The highest BCUT2D eigenvalue weighted by Gasteiger charge is 2.25. The molecule has 0 fully saturated rings. The van der Waals surface area contributed by atoms with Gasteiger partial charge in [-0.2, -0.15) is 0 Å². The smallest absolute Gasteiger partial charge is 0.160 e. The quantitative estimate of drug-likeness (QED) is 0.161. The lowest BCUT2D eigenvalue weighted by Crippen LogP contribution is -2.11. The summed E-state index contributed by atoms with van der Waals surface area (Å²) in [5.41, 5.74) is 15.8. The third-order valence-corrected chi connectivity index (χ3v) is 12.1. The van der Waals surface area contributed by atoms with E-state index in [1.165, 1.54) is 33.4 Å². The van der Waals surface area contributed by atoms with E-state index < -0.39 is 0 Å². The first-order valence-electron chi connectivity index (χ1n) is 20.7. The van der Waals surface area contributed by atoms with Gasteiger partial charge >= 0.3 is 0 Å². The second-order valence-electron chi connectivity index (χ2n) is 15.7. The molecule has 12 rings (SSSR count). The normalized spacial score (nSPS) is 11.6. The molecular weight excluding hydrogens is 743 g/mol. The first kappa shape index (κ1) is 34.9. The van der Waals surface area contributed by atoms with Crippen molar-refractivity contribution >= 4 is 71.7 Å². The van der Waals surface area contributed by atoms with Crippen molar-refractivity contribution in [2.24, 2.45) is 0 Å². The minimum atomic E-state index is 0.815. The van der Waals surface area contributed by atoms with Crippen LogP contribution in [-0.2, 0) is 0 Å². The molecule has 12 aromatic rings. The summed E-state index contributed by atoms with van der Waals surface area (Å²) in [4.78, 5) is 2.36. The highest BCUT2D eigenvalue weighted by atomic mass is 16.3. The molecule has 0 unspecified atom stereocenters. The molecule has 0 amide bonds. The maximum Gasteiger partial charge on any atom is 0.160 e. The van der Waals surface area contributed by atoms with Gasteiger partial charge in [-0.15, -0.1) is 0 Å². The van der Waals surface area contributed by atoms with Crippen LogP contribution in [0.3, 0.4) is 0 Å². The van der Waals surface area contributed by atoms with Crippen LogP contribution in [0, 0.1) is 0 Å². The second kappa shape index (κ2) is 14.3. The van der Waals surface area contributed by atoms with Gasteiger partial charge in [-0.3, -0.25) is 0 Å². The van der Waals surface area contributed by atoms with Gasteiger partial charge in [0.25, 0.3) is 0 Å². The molecule has 2 heterocycles. The van der Waals surface area contributed by atoms with Crippen LogP contribution in [0.2, 0.25) is 0 Å². The van der Waals surface area contributed by atoms with E-state index in [0.29, 0.717) is 0 Å². The third-order valence-electron chi connectivity index (χ3n) is 12.1. The molecule has 0 N–H and O–H groups in total. The van der Waals surface area contributed by atoms with Crippen molar-refractivity contribution in [3.05, 3.63) is 224 Å². The molecule has 0 aliphatic heterocycles. The molecule has 0 spiro atoms. The Morgan fingerprint density at radius 3 is 1.26 bits per heavy atom. The summed E-state index contributed by atoms with van der Waals surface area (Å²) in [5, 5.41) is 6.40. The Balaban J connectivity index is 1.03. The van der Waals surface area contributed by atoms with Gasteiger partial charge in [0.1, 0.15) is 16.7 Å². The number of benzene rings is 10. The summed E-state index contributed by atoms with van der Waals surface area (Å²) in [7, 11) is 0. The Kier molecular flexibility index (Phi) is 8.17. The number of rotatable bonds is 7. The minimum absolute atomic E-state index is 0.815. The van der Waals surface area contributed by atoms with Gasteiger partial charge in [0, 0.05) is 32.9 Å². The van der Waals surface area contributed by atoms with E-state index in [9.17, 15) is 0 Å². The summed E-state index contributed by atoms with van der Waals surface area (Å²) >= 11 is 0. The predicted molar refractivity (Wildman–Crippen MR) is 255 cm³/mol. The molecule has 2 aromatic heterocycles. The zero-order valence-corrected chi connectivity index (χ0v) is 33.1. The summed E-state index contributed by atoms with van der Waals surface area (Å²) in [5.74, 6) is 0. The van der Waals surface area contributed by atoms with Crippen LogP contribution in [0.25, 0.3) is 99.2 Å². The van der Waals surface area contributed by atoms with Gasteiger partial charge in [0.2, 0.25) is 0 Å². The zero-order valence-electron chi connectivity index (χ0n) is 33.1. The summed E-state index contributed by atoms with van der Waals surface area (Å²) in [6, 6.07) is 79.9. The fourth-order valence-electron chi connectivity index (χ4n) is 9.02. The molecule has 0 aliphatic carbocycles. The molecule has 286 valence electrons.